The molecule has 0 aromatic carbocycles. The second kappa shape index (κ2) is 5.60. The fourth-order valence-electron chi connectivity index (χ4n) is 1.13. The van der Waals surface area contributed by atoms with E-state index >= 15 is 0 Å². The van der Waals surface area contributed by atoms with Crippen molar-refractivity contribution in [3.05, 3.63) is 24.0 Å². The van der Waals surface area contributed by atoms with E-state index in [2.05, 4.69) is 24.1 Å². The summed E-state index contributed by atoms with van der Waals surface area (Å²) in [5, 5.41) is 3.34. The van der Waals surface area contributed by atoms with Gasteiger partial charge in [0, 0.05) is 18.8 Å². The Hall–Kier alpha value is -1.09. The molecule has 0 saturated carbocycles. The Morgan fingerprint density at radius 3 is 2.86 bits per heavy atom. The Kier molecular flexibility index (Phi) is 4.40. The van der Waals surface area contributed by atoms with Gasteiger partial charge in [0.1, 0.15) is 5.75 Å². The first-order valence-electron chi connectivity index (χ1n) is 5.02. The van der Waals surface area contributed by atoms with Crippen molar-refractivity contribution in [1.29, 1.82) is 0 Å². The van der Waals surface area contributed by atoms with Crippen molar-refractivity contribution in [2.45, 2.75) is 33.4 Å². The van der Waals surface area contributed by atoms with Gasteiger partial charge >= 0.3 is 0 Å². The molecule has 1 aromatic heterocycles. The molecule has 0 amide bonds. The van der Waals surface area contributed by atoms with Gasteiger partial charge in [-0.25, -0.2) is 0 Å². The van der Waals surface area contributed by atoms with Crippen molar-refractivity contribution in [3.8, 4) is 5.75 Å². The van der Waals surface area contributed by atoms with Gasteiger partial charge in [0.25, 0.3) is 0 Å². The fraction of sp³-hybridized carbons (Fsp3) is 0.545. The van der Waals surface area contributed by atoms with Gasteiger partial charge in [-0.3, -0.25) is 4.98 Å². The molecule has 0 aliphatic rings. The van der Waals surface area contributed by atoms with E-state index in [1.54, 1.807) is 6.20 Å². The lowest BCUT2D eigenvalue weighted by Crippen LogP contribution is -2.21. The maximum Gasteiger partial charge on any atom is 0.137 e. The zero-order valence-electron chi connectivity index (χ0n) is 9.08. The number of aromatic nitrogens is 1. The summed E-state index contributed by atoms with van der Waals surface area (Å²) in [5.74, 6) is 0.843. The molecule has 0 radical (unpaired) electrons. The Morgan fingerprint density at radius 2 is 2.21 bits per heavy atom. The molecule has 0 aliphatic heterocycles. The minimum Gasteiger partial charge on any atom is -0.492 e. The van der Waals surface area contributed by atoms with Crippen LogP contribution in [0.25, 0.3) is 0 Å². The smallest absolute Gasteiger partial charge is 0.137 e. The van der Waals surface area contributed by atoms with E-state index in [0.29, 0.717) is 12.6 Å². The van der Waals surface area contributed by atoms with E-state index in [-0.39, 0.29) is 0 Å². The van der Waals surface area contributed by atoms with Crippen LogP contribution in [-0.4, -0.2) is 17.6 Å². The quantitative estimate of drug-likeness (QED) is 0.778. The molecule has 0 aliphatic carbocycles. The highest BCUT2D eigenvalue weighted by Crippen LogP contribution is 2.10. The molecule has 0 bridgehead atoms. The molecule has 0 saturated heterocycles. The average molecular weight is 194 g/mol. The molecule has 1 heterocycles. The first kappa shape index (κ1) is 11.0. The maximum atomic E-state index is 5.36. The van der Waals surface area contributed by atoms with E-state index in [9.17, 15) is 0 Å². The molecule has 1 N–H and O–H groups in total. The third-order valence-corrected chi connectivity index (χ3v) is 1.80. The molecule has 3 nitrogen and oxygen atoms in total. The number of nitrogens with zero attached hydrogens (tertiary/aromatic N) is 1. The standard InChI is InChI=1S/C11H18N2O/c1-4-14-11-5-10(6-12-8-11)7-13-9(2)3/h5-6,8-9,13H,4,7H2,1-3H3. The van der Waals surface area contributed by atoms with Crippen molar-refractivity contribution in [2.24, 2.45) is 0 Å². The van der Waals surface area contributed by atoms with Crippen molar-refractivity contribution in [1.82, 2.24) is 10.3 Å². The molecule has 3 heteroatoms. The third kappa shape index (κ3) is 3.75. The van der Waals surface area contributed by atoms with Crippen LogP contribution in [0.3, 0.4) is 0 Å². The maximum absolute atomic E-state index is 5.36. The summed E-state index contributed by atoms with van der Waals surface area (Å²) in [5.41, 5.74) is 1.16. The molecular formula is C11H18N2O. The van der Waals surface area contributed by atoms with Crippen LogP contribution in [0.15, 0.2) is 18.5 Å². The average Bonchev–Trinajstić information content (AvgIpc) is 2.16. The van der Waals surface area contributed by atoms with E-state index in [4.69, 9.17) is 4.74 Å². The summed E-state index contributed by atoms with van der Waals surface area (Å²) >= 11 is 0. The minimum atomic E-state index is 0.491. The van der Waals surface area contributed by atoms with Gasteiger partial charge in [0.05, 0.1) is 12.8 Å². The fourth-order valence-corrected chi connectivity index (χ4v) is 1.13. The summed E-state index contributed by atoms with van der Waals surface area (Å²) in [4.78, 5) is 4.12. The van der Waals surface area contributed by atoms with Crippen LogP contribution >= 0.6 is 0 Å². The lowest BCUT2D eigenvalue weighted by atomic mass is 10.2. The van der Waals surface area contributed by atoms with Crippen LogP contribution in [0.2, 0.25) is 0 Å². The van der Waals surface area contributed by atoms with E-state index in [1.165, 1.54) is 0 Å². The van der Waals surface area contributed by atoms with E-state index < -0.39 is 0 Å². The van der Waals surface area contributed by atoms with Gasteiger partial charge in [0.15, 0.2) is 0 Å². The van der Waals surface area contributed by atoms with Gasteiger partial charge in [0.2, 0.25) is 0 Å². The van der Waals surface area contributed by atoms with Crippen LogP contribution < -0.4 is 10.1 Å². The molecule has 0 unspecified atom stereocenters. The van der Waals surface area contributed by atoms with Crippen LogP contribution in [-0.2, 0) is 6.54 Å². The monoisotopic (exact) mass is 194 g/mol. The zero-order chi connectivity index (χ0) is 10.4. The predicted molar refractivity (Wildman–Crippen MR) is 57.4 cm³/mol. The minimum absolute atomic E-state index is 0.491. The topological polar surface area (TPSA) is 34.1 Å². The van der Waals surface area contributed by atoms with Crippen molar-refractivity contribution in [2.75, 3.05) is 6.61 Å². The largest absolute Gasteiger partial charge is 0.492 e. The number of hydrogen-bond acceptors (Lipinski definition) is 3. The number of nitrogens with one attached hydrogen (secondary N) is 1. The SMILES string of the molecule is CCOc1cncc(CNC(C)C)c1. The van der Waals surface area contributed by atoms with Gasteiger partial charge in [-0.05, 0) is 18.6 Å². The van der Waals surface area contributed by atoms with Gasteiger partial charge in [-0.15, -0.1) is 0 Å². The number of pyridine rings is 1. The van der Waals surface area contributed by atoms with E-state index in [1.807, 2.05) is 19.2 Å². The van der Waals surface area contributed by atoms with Crippen molar-refractivity contribution < 1.29 is 4.74 Å². The summed E-state index contributed by atoms with van der Waals surface area (Å²) in [6, 6.07) is 2.51. The first-order valence-corrected chi connectivity index (χ1v) is 5.02. The lowest BCUT2D eigenvalue weighted by Gasteiger charge is -2.09. The summed E-state index contributed by atoms with van der Waals surface area (Å²) in [6.45, 7) is 7.74. The van der Waals surface area contributed by atoms with Gasteiger partial charge in [-0.2, -0.15) is 0 Å². The zero-order valence-corrected chi connectivity index (χ0v) is 9.08. The van der Waals surface area contributed by atoms with Gasteiger partial charge in [-0.1, -0.05) is 13.8 Å². The Labute approximate surface area is 85.5 Å². The first-order chi connectivity index (χ1) is 6.72. The molecule has 78 valence electrons. The number of hydrogen-bond donors (Lipinski definition) is 1. The predicted octanol–water partition coefficient (Wildman–Crippen LogP) is 1.98. The summed E-state index contributed by atoms with van der Waals surface area (Å²) in [7, 11) is 0. The van der Waals surface area contributed by atoms with Crippen molar-refractivity contribution in [3.63, 3.8) is 0 Å². The second-order valence-electron chi connectivity index (χ2n) is 3.50. The molecular weight excluding hydrogens is 176 g/mol. The third-order valence-electron chi connectivity index (χ3n) is 1.80. The highest BCUT2D eigenvalue weighted by atomic mass is 16.5. The lowest BCUT2D eigenvalue weighted by molar-refractivity contribution is 0.338. The van der Waals surface area contributed by atoms with Gasteiger partial charge < -0.3 is 10.1 Å². The number of rotatable bonds is 5. The summed E-state index contributed by atoms with van der Waals surface area (Å²) in [6.07, 6.45) is 3.60. The summed E-state index contributed by atoms with van der Waals surface area (Å²) < 4.78 is 5.36. The van der Waals surface area contributed by atoms with Crippen LogP contribution in [0.4, 0.5) is 0 Å². The Bertz CT molecular complexity index is 274. The molecule has 1 rings (SSSR count). The van der Waals surface area contributed by atoms with Crippen LogP contribution in [0, 0.1) is 0 Å². The van der Waals surface area contributed by atoms with Crippen molar-refractivity contribution >= 4 is 0 Å². The Balaban J connectivity index is 2.54. The Morgan fingerprint density at radius 1 is 1.43 bits per heavy atom. The molecule has 0 fully saturated rings. The highest BCUT2D eigenvalue weighted by molar-refractivity contribution is 5.23. The highest BCUT2D eigenvalue weighted by Gasteiger charge is 1.98. The molecule has 0 atom stereocenters. The second-order valence-corrected chi connectivity index (χ2v) is 3.50. The molecule has 0 spiro atoms. The number of ether oxygens (including phenoxy) is 1. The normalized spacial score (nSPS) is 10.6. The van der Waals surface area contributed by atoms with Crippen LogP contribution in [0.5, 0.6) is 5.75 Å². The van der Waals surface area contributed by atoms with E-state index in [0.717, 1.165) is 17.9 Å². The van der Waals surface area contributed by atoms with Crippen LogP contribution in [0.1, 0.15) is 26.3 Å². The molecule has 14 heavy (non-hydrogen) atoms. The molecule has 1 aromatic rings.